The third kappa shape index (κ3) is 2.32. The summed E-state index contributed by atoms with van der Waals surface area (Å²) in [7, 11) is 3.34. The summed E-state index contributed by atoms with van der Waals surface area (Å²) >= 11 is 0. The lowest BCUT2D eigenvalue weighted by atomic mass is 9.85. The Hall–Kier alpha value is -1.55. The van der Waals surface area contributed by atoms with E-state index in [4.69, 9.17) is 9.47 Å². The fourth-order valence-corrected chi connectivity index (χ4v) is 3.05. The molecule has 4 nitrogen and oxygen atoms in total. The minimum atomic E-state index is 0.344. The van der Waals surface area contributed by atoms with Crippen LogP contribution in [0.2, 0.25) is 0 Å². The molecule has 3 unspecified atom stereocenters. The second-order valence-electron chi connectivity index (χ2n) is 5.20. The molecule has 1 fully saturated rings. The summed E-state index contributed by atoms with van der Waals surface area (Å²) in [5.41, 5.74) is 1.26. The summed E-state index contributed by atoms with van der Waals surface area (Å²) in [6.45, 7) is 1.09. The average Bonchev–Trinajstić information content (AvgIpc) is 2.93. The first-order valence-electron chi connectivity index (χ1n) is 6.80. The molecule has 3 rings (SSSR count). The molecule has 102 valence electrons. The molecule has 0 bridgehead atoms. The molecule has 0 amide bonds. The van der Waals surface area contributed by atoms with Crippen LogP contribution in [0.25, 0.3) is 0 Å². The first kappa shape index (κ1) is 12.5. The quantitative estimate of drug-likeness (QED) is 0.906. The molecule has 1 aromatic carbocycles. The molecular weight excluding hydrogens is 240 g/mol. The Morgan fingerprint density at radius 3 is 2.84 bits per heavy atom. The molecule has 3 atom stereocenters. The van der Waals surface area contributed by atoms with Gasteiger partial charge in [0.1, 0.15) is 6.17 Å². The summed E-state index contributed by atoms with van der Waals surface area (Å²) in [4.78, 5) is 4.64. The van der Waals surface area contributed by atoms with Crippen LogP contribution in [0.5, 0.6) is 11.5 Å². The van der Waals surface area contributed by atoms with Gasteiger partial charge in [0.05, 0.1) is 14.2 Å². The highest BCUT2D eigenvalue weighted by atomic mass is 16.5. The molecule has 1 saturated heterocycles. The molecule has 2 aliphatic heterocycles. The number of fused-ring (bicyclic) bond motifs is 1. The average molecular weight is 260 g/mol. The minimum absolute atomic E-state index is 0.344. The molecule has 0 saturated carbocycles. The SMILES string of the molecule is COc1ccc(C2C=NC3NCCC3C2)cc1OC. The lowest BCUT2D eigenvalue weighted by molar-refractivity contribution is 0.353. The molecular formula is C15H20N2O2. The zero-order valence-corrected chi connectivity index (χ0v) is 11.4. The normalized spacial score (nSPS) is 29.1. The van der Waals surface area contributed by atoms with Crippen molar-refractivity contribution in [2.45, 2.75) is 24.9 Å². The van der Waals surface area contributed by atoms with Crippen LogP contribution in [0.15, 0.2) is 23.2 Å². The van der Waals surface area contributed by atoms with Gasteiger partial charge in [-0.3, -0.25) is 10.3 Å². The molecule has 2 aliphatic rings. The standard InChI is InChI=1S/C15H20N2O2/c1-18-13-4-3-10(8-14(13)19-2)12-7-11-5-6-16-15(11)17-9-12/h3-4,8-9,11-12,15-16H,5-7H2,1-2H3. The summed E-state index contributed by atoms with van der Waals surface area (Å²) in [6.07, 6.45) is 4.82. The predicted molar refractivity (Wildman–Crippen MR) is 75.3 cm³/mol. The van der Waals surface area contributed by atoms with Crippen molar-refractivity contribution in [3.63, 3.8) is 0 Å². The van der Waals surface area contributed by atoms with Gasteiger partial charge >= 0.3 is 0 Å². The number of methoxy groups -OCH3 is 2. The van der Waals surface area contributed by atoms with Gasteiger partial charge in [-0.25, -0.2) is 0 Å². The van der Waals surface area contributed by atoms with Gasteiger partial charge in [-0.15, -0.1) is 0 Å². The second kappa shape index (κ2) is 5.21. The molecule has 0 aromatic heterocycles. The molecule has 0 spiro atoms. The van der Waals surface area contributed by atoms with Crippen LogP contribution in [0.3, 0.4) is 0 Å². The lowest BCUT2D eigenvalue weighted by Gasteiger charge is -2.26. The smallest absolute Gasteiger partial charge is 0.161 e. The van der Waals surface area contributed by atoms with Crippen molar-refractivity contribution in [1.29, 1.82) is 0 Å². The van der Waals surface area contributed by atoms with E-state index in [1.807, 2.05) is 6.07 Å². The maximum atomic E-state index is 5.37. The van der Waals surface area contributed by atoms with Crippen molar-refractivity contribution in [2.75, 3.05) is 20.8 Å². The molecule has 0 radical (unpaired) electrons. The largest absolute Gasteiger partial charge is 0.493 e. The van der Waals surface area contributed by atoms with E-state index in [0.29, 0.717) is 18.0 Å². The van der Waals surface area contributed by atoms with E-state index in [0.717, 1.165) is 24.5 Å². The van der Waals surface area contributed by atoms with Gasteiger partial charge in [-0.2, -0.15) is 0 Å². The number of aliphatic imine (C=N–C) groups is 1. The Labute approximate surface area is 113 Å². The zero-order chi connectivity index (χ0) is 13.2. The van der Waals surface area contributed by atoms with Crippen molar-refractivity contribution >= 4 is 6.21 Å². The number of nitrogens with zero attached hydrogens (tertiary/aromatic N) is 1. The van der Waals surface area contributed by atoms with Crippen molar-refractivity contribution in [1.82, 2.24) is 5.32 Å². The van der Waals surface area contributed by atoms with E-state index in [1.54, 1.807) is 14.2 Å². The summed E-state index contributed by atoms with van der Waals surface area (Å²) in [5, 5.41) is 3.43. The minimum Gasteiger partial charge on any atom is -0.493 e. The first-order chi connectivity index (χ1) is 9.31. The summed E-state index contributed by atoms with van der Waals surface area (Å²) in [6, 6.07) is 6.15. The first-order valence-corrected chi connectivity index (χ1v) is 6.80. The number of hydrogen-bond acceptors (Lipinski definition) is 4. The summed E-state index contributed by atoms with van der Waals surface area (Å²) in [5.74, 6) is 2.63. The van der Waals surface area contributed by atoms with E-state index in [9.17, 15) is 0 Å². The van der Waals surface area contributed by atoms with Gasteiger partial charge in [0, 0.05) is 12.1 Å². The zero-order valence-electron chi connectivity index (χ0n) is 11.4. The van der Waals surface area contributed by atoms with Crippen LogP contribution in [-0.2, 0) is 0 Å². The second-order valence-corrected chi connectivity index (χ2v) is 5.20. The van der Waals surface area contributed by atoms with Crippen LogP contribution in [0.4, 0.5) is 0 Å². The maximum Gasteiger partial charge on any atom is 0.161 e. The van der Waals surface area contributed by atoms with Crippen LogP contribution in [0, 0.1) is 5.92 Å². The van der Waals surface area contributed by atoms with Crippen molar-refractivity contribution in [3.05, 3.63) is 23.8 Å². The number of ether oxygens (including phenoxy) is 2. The Kier molecular flexibility index (Phi) is 3.42. The lowest BCUT2D eigenvalue weighted by Crippen LogP contribution is -2.29. The maximum absolute atomic E-state index is 5.37. The Morgan fingerprint density at radius 2 is 2.05 bits per heavy atom. The number of benzene rings is 1. The van der Waals surface area contributed by atoms with Crippen LogP contribution < -0.4 is 14.8 Å². The molecule has 1 N–H and O–H groups in total. The highest BCUT2D eigenvalue weighted by molar-refractivity contribution is 5.70. The molecule has 0 aliphatic carbocycles. The van der Waals surface area contributed by atoms with Gasteiger partial charge in [-0.1, -0.05) is 6.07 Å². The molecule has 19 heavy (non-hydrogen) atoms. The molecule has 1 aromatic rings. The van der Waals surface area contributed by atoms with Crippen LogP contribution in [-0.4, -0.2) is 33.1 Å². The van der Waals surface area contributed by atoms with Crippen molar-refractivity contribution < 1.29 is 9.47 Å². The van der Waals surface area contributed by atoms with E-state index >= 15 is 0 Å². The van der Waals surface area contributed by atoms with E-state index < -0.39 is 0 Å². The fraction of sp³-hybridized carbons (Fsp3) is 0.533. The molecule has 2 heterocycles. The van der Waals surface area contributed by atoms with Gasteiger partial charge in [0.25, 0.3) is 0 Å². The van der Waals surface area contributed by atoms with E-state index in [2.05, 4.69) is 28.7 Å². The Bertz CT molecular complexity index is 487. The highest BCUT2D eigenvalue weighted by Crippen LogP contribution is 2.36. The number of rotatable bonds is 3. The summed E-state index contributed by atoms with van der Waals surface area (Å²) < 4.78 is 10.7. The van der Waals surface area contributed by atoms with E-state index in [-0.39, 0.29) is 0 Å². The number of nitrogens with one attached hydrogen (secondary N) is 1. The predicted octanol–water partition coefficient (Wildman–Crippen LogP) is 2.20. The van der Waals surface area contributed by atoms with Gasteiger partial charge < -0.3 is 9.47 Å². The van der Waals surface area contributed by atoms with E-state index in [1.165, 1.54) is 12.0 Å². The van der Waals surface area contributed by atoms with Crippen LogP contribution in [0.1, 0.15) is 24.3 Å². The Balaban J connectivity index is 1.84. The van der Waals surface area contributed by atoms with Gasteiger partial charge in [0.2, 0.25) is 0 Å². The number of hydrogen-bond donors (Lipinski definition) is 1. The Morgan fingerprint density at radius 1 is 1.21 bits per heavy atom. The highest BCUT2D eigenvalue weighted by Gasteiger charge is 2.32. The van der Waals surface area contributed by atoms with Crippen LogP contribution >= 0.6 is 0 Å². The monoisotopic (exact) mass is 260 g/mol. The molecule has 4 heteroatoms. The van der Waals surface area contributed by atoms with Gasteiger partial charge in [-0.05, 0) is 43.0 Å². The van der Waals surface area contributed by atoms with Crippen molar-refractivity contribution in [2.24, 2.45) is 10.9 Å². The third-order valence-corrected chi connectivity index (χ3v) is 4.13. The van der Waals surface area contributed by atoms with Gasteiger partial charge in [0.15, 0.2) is 11.5 Å². The third-order valence-electron chi connectivity index (χ3n) is 4.13. The van der Waals surface area contributed by atoms with Crippen molar-refractivity contribution in [3.8, 4) is 11.5 Å². The topological polar surface area (TPSA) is 42.8 Å². The fourth-order valence-electron chi connectivity index (χ4n) is 3.05.